The van der Waals surface area contributed by atoms with Crippen molar-refractivity contribution < 1.29 is 23.9 Å². The van der Waals surface area contributed by atoms with Crippen molar-refractivity contribution in [3.63, 3.8) is 0 Å². The molecule has 0 spiro atoms. The fourth-order valence-electron chi connectivity index (χ4n) is 2.52. The molecule has 0 radical (unpaired) electrons. The van der Waals surface area contributed by atoms with Gasteiger partial charge in [-0.2, -0.15) is 0 Å². The highest BCUT2D eigenvalue weighted by atomic mass is 16.5. The summed E-state index contributed by atoms with van der Waals surface area (Å²) in [6, 6.07) is 6.55. The van der Waals surface area contributed by atoms with Gasteiger partial charge in [0, 0.05) is 12.1 Å². The van der Waals surface area contributed by atoms with Crippen molar-refractivity contribution in [3.8, 4) is 0 Å². The first kappa shape index (κ1) is 15.9. The van der Waals surface area contributed by atoms with Crippen LogP contribution in [0.25, 0.3) is 0 Å². The van der Waals surface area contributed by atoms with E-state index >= 15 is 0 Å². The highest BCUT2D eigenvalue weighted by Crippen LogP contribution is 2.30. The summed E-state index contributed by atoms with van der Waals surface area (Å²) in [5.74, 6) is -2.87. The molecule has 6 nitrogen and oxygen atoms in total. The van der Waals surface area contributed by atoms with E-state index in [1.54, 1.807) is 31.2 Å². The minimum atomic E-state index is -0.990. The van der Waals surface area contributed by atoms with Crippen LogP contribution < -0.4 is 0 Å². The minimum absolute atomic E-state index is 0.0852. The van der Waals surface area contributed by atoms with Crippen LogP contribution in [0.4, 0.5) is 0 Å². The maximum atomic E-state index is 12.4. The van der Waals surface area contributed by atoms with Gasteiger partial charge in [-0.25, -0.2) is 0 Å². The highest BCUT2D eigenvalue weighted by Gasteiger charge is 2.40. The smallest absolute Gasteiger partial charge is 0.307 e. The van der Waals surface area contributed by atoms with E-state index < -0.39 is 23.7 Å². The van der Waals surface area contributed by atoms with Crippen molar-refractivity contribution in [2.24, 2.45) is 0 Å². The van der Waals surface area contributed by atoms with Gasteiger partial charge in [-0.1, -0.05) is 18.2 Å². The van der Waals surface area contributed by atoms with Gasteiger partial charge in [0.1, 0.15) is 11.7 Å². The Balaban J connectivity index is 2.29. The van der Waals surface area contributed by atoms with E-state index in [4.69, 9.17) is 4.74 Å². The normalized spacial score (nSPS) is 17.2. The molecular formula is C16H17NO5. The van der Waals surface area contributed by atoms with Crippen LogP contribution >= 0.6 is 0 Å². The van der Waals surface area contributed by atoms with Gasteiger partial charge in [-0.15, -0.1) is 0 Å². The molecule has 0 bridgehead atoms. The summed E-state index contributed by atoms with van der Waals surface area (Å²) in [6.45, 7) is 3.14. The van der Waals surface area contributed by atoms with E-state index in [1.807, 2.05) is 0 Å². The molecule has 1 atom stereocenters. The Morgan fingerprint density at radius 1 is 1.23 bits per heavy atom. The van der Waals surface area contributed by atoms with Gasteiger partial charge in [-0.3, -0.25) is 24.1 Å². The molecule has 6 heteroatoms. The number of rotatable bonds is 5. The summed E-state index contributed by atoms with van der Waals surface area (Å²) in [4.78, 5) is 49.0. The maximum absolute atomic E-state index is 12.4. The fourth-order valence-corrected chi connectivity index (χ4v) is 2.52. The summed E-state index contributed by atoms with van der Waals surface area (Å²) in [7, 11) is 0. The van der Waals surface area contributed by atoms with Crippen LogP contribution in [0.3, 0.4) is 0 Å². The number of ketones is 1. The lowest BCUT2D eigenvalue weighted by Crippen LogP contribution is -2.47. The standard InChI is InChI=1S/C16H17NO5/c1-3-22-13(19)8-9-17-15(20)12-7-5-4-6-11(12)14(10(2)18)16(17)21/h4-7,14H,3,8-9H2,1-2H3. The third kappa shape index (κ3) is 2.90. The Morgan fingerprint density at radius 3 is 2.55 bits per heavy atom. The molecule has 0 fully saturated rings. The number of fused-ring (bicyclic) bond motifs is 1. The lowest BCUT2D eigenvalue weighted by atomic mass is 9.86. The predicted octanol–water partition coefficient (Wildman–Crippen LogP) is 1.29. The molecule has 0 saturated heterocycles. The zero-order valence-corrected chi connectivity index (χ0v) is 12.5. The van der Waals surface area contributed by atoms with Gasteiger partial charge < -0.3 is 4.74 Å². The Hall–Kier alpha value is -2.50. The number of benzene rings is 1. The first-order valence-electron chi connectivity index (χ1n) is 7.08. The van der Waals surface area contributed by atoms with Crippen LogP contribution in [-0.2, 0) is 19.1 Å². The largest absolute Gasteiger partial charge is 0.466 e. The monoisotopic (exact) mass is 303 g/mol. The van der Waals surface area contributed by atoms with Crippen LogP contribution in [0, 0.1) is 0 Å². The van der Waals surface area contributed by atoms with E-state index in [-0.39, 0.29) is 25.4 Å². The molecule has 116 valence electrons. The molecule has 22 heavy (non-hydrogen) atoms. The molecular weight excluding hydrogens is 286 g/mol. The van der Waals surface area contributed by atoms with Crippen molar-refractivity contribution in [1.82, 2.24) is 4.90 Å². The van der Waals surface area contributed by atoms with E-state index in [1.165, 1.54) is 6.92 Å². The number of carbonyl (C=O) groups is 4. The summed E-state index contributed by atoms with van der Waals surface area (Å²) in [5, 5.41) is 0. The number of amides is 2. The number of esters is 1. The lowest BCUT2D eigenvalue weighted by Gasteiger charge is -2.31. The zero-order chi connectivity index (χ0) is 16.3. The number of imide groups is 1. The second kappa shape index (κ2) is 6.51. The summed E-state index contributed by atoms with van der Waals surface area (Å²) >= 11 is 0. The molecule has 0 N–H and O–H groups in total. The third-order valence-corrected chi connectivity index (χ3v) is 3.51. The van der Waals surface area contributed by atoms with Crippen molar-refractivity contribution in [2.45, 2.75) is 26.2 Å². The third-order valence-electron chi connectivity index (χ3n) is 3.51. The Labute approximate surface area is 128 Å². The Bertz CT molecular complexity index is 637. The Kier molecular flexibility index (Phi) is 4.70. The van der Waals surface area contributed by atoms with Crippen LogP contribution in [-0.4, -0.2) is 41.6 Å². The quantitative estimate of drug-likeness (QED) is 0.465. The van der Waals surface area contributed by atoms with Crippen LogP contribution in [0.15, 0.2) is 24.3 Å². The number of Topliss-reactive ketones (excluding diaryl/α,β-unsaturated/α-hetero) is 1. The molecule has 0 saturated carbocycles. The van der Waals surface area contributed by atoms with Gasteiger partial charge in [0.05, 0.1) is 13.0 Å². The average molecular weight is 303 g/mol. The van der Waals surface area contributed by atoms with Gasteiger partial charge in [0.25, 0.3) is 5.91 Å². The van der Waals surface area contributed by atoms with Gasteiger partial charge >= 0.3 is 5.97 Å². The van der Waals surface area contributed by atoms with Crippen molar-refractivity contribution in [3.05, 3.63) is 35.4 Å². The van der Waals surface area contributed by atoms with Crippen LogP contribution in [0.5, 0.6) is 0 Å². The van der Waals surface area contributed by atoms with Crippen LogP contribution in [0.2, 0.25) is 0 Å². The maximum Gasteiger partial charge on any atom is 0.307 e. The van der Waals surface area contributed by atoms with E-state index in [9.17, 15) is 19.2 Å². The Morgan fingerprint density at radius 2 is 1.91 bits per heavy atom. The van der Waals surface area contributed by atoms with Gasteiger partial charge in [0.15, 0.2) is 0 Å². The molecule has 1 aromatic rings. The number of hydrogen-bond donors (Lipinski definition) is 0. The summed E-state index contributed by atoms with van der Waals surface area (Å²) in [5.41, 5.74) is 0.753. The molecule has 2 amide bonds. The molecule has 0 aliphatic carbocycles. The van der Waals surface area contributed by atoms with Crippen LogP contribution in [0.1, 0.15) is 42.1 Å². The van der Waals surface area contributed by atoms with Gasteiger partial charge in [0.2, 0.25) is 5.91 Å². The molecule has 1 aliphatic rings. The molecule has 2 rings (SSSR count). The SMILES string of the molecule is CCOC(=O)CCN1C(=O)c2ccccc2C(C(C)=O)C1=O. The predicted molar refractivity (Wildman–Crippen MR) is 77.2 cm³/mol. The van der Waals surface area contributed by atoms with E-state index in [0.717, 1.165) is 4.90 Å². The average Bonchev–Trinajstić information content (AvgIpc) is 2.47. The van der Waals surface area contributed by atoms with Crippen molar-refractivity contribution >= 4 is 23.6 Å². The van der Waals surface area contributed by atoms with Gasteiger partial charge in [-0.05, 0) is 25.5 Å². The number of carbonyl (C=O) groups excluding carboxylic acids is 4. The first-order valence-corrected chi connectivity index (χ1v) is 7.08. The molecule has 1 aliphatic heterocycles. The number of ether oxygens (including phenoxy) is 1. The molecule has 1 unspecified atom stereocenters. The van der Waals surface area contributed by atoms with Crippen molar-refractivity contribution in [1.29, 1.82) is 0 Å². The zero-order valence-electron chi connectivity index (χ0n) is 12.5. The molecule has 1 heterocycles. The topological polar surface area (TPSA) is 80.8 Å². The number of hydrogen-bond acceptors (Lipinski definition) is 5. The molecule has 0 aromatic heterocycles. The summed E-state index contributed by atoms with van der Waals surface area (Å²) < 4.78 is 4.79. The van der Waals surface area contributed by atoms with E-state index in [2.05, 4.69) is 0 Å². The second-order valence-electron chi connectivity index (χ2n) is 4.98. The second-order valence-corrected chi connectivity index (χ2v) is 4.98. The lowest BCUT2D eigenvalue weighted by molar-refractivity contribution is -0.143. The first-order chi connectivity index (χ1) is 10.5. The minimum Gasteiger partial charge on any atom is -0.466 e. The molecule has 1 aromatic carbocycles. The highest BCUT2D eigenvalue weighted by molar-refractivity contribution is 6.18. The fraction of sp³-hybridized carbons (Fsp3) is 0.375. The van der Waals surface area contributed by atoms with E-state index in [0.29, 0.717) is 11.1 Å². The van der Waals surface area contributed by atoms with Crippen molar-refractivity contribution in [2.75, 3.05) is 13.2 Å². The number of nitrogens with zero attached hydrogens (tertiary/aromatic N) is 1. The summed E-state index contributed by atoms with van der Waals surface area (Å²) in [6.07, 6.45) is -0.0852.